The molecule has 6 heteroatoms. The van der Waals surface area contributed by atoms with Crippen molar-refractivity contribution in [1.82, 2.24) is 0 Å². The zero-order valence-corrected chi connectivity index (χ0v) is 19.6. The van der Waals surface area contributed by atoms with Crippen molar-refractivity contribution in [2.24, 2.45) is 5.92 Å². The summed E-state index contributed by atoms with van der Waals surface area (Å²) in [6.07, 6.45) is 3.40. The second kappa shape index (κ2) is 11.2. The van der Waals surface area contributed by atoms with Gasteiger partial charge in [-0.2, -0.15) is 0 Å². The van der Waals surface area contributed by atoms with E-state index in [4.69, 9.17) is 9.47 Å². The van der Waals surface area contributed by atoms with E-state index in [2.05, 4.69) is 13.5 Å². The largest absolute Gasteiger partial charge is 0.376 e. The number of rotatable bonds is 8. The fraction of sp³-hybridized carbons (Fsp3) is 0.310. The van der Waals surface area contributed by atoms with Crippen molar-refractivity contribution in [3.05, 3.63) is 95.6 Å². The van der Waals surface area contributed by atoms with E-state index in [1.807, 2.05) is 0 Å². The predicted octanol–water partition coefficient (Wildman–Crippen LogP) is 8.16. The van der Waals surface area contributed by atoms with E-state index in [-0.39, 0.29) is 28.9 Å². The molecule has 184 valence electrons. The Morgan fingerprint density at radius 3 is 2.09 bits per heavy atom. The Kier molecular flexibility index (Phi) is 8.04. The molecule has 2 nitrogen and oxygen atoms in total. The molecule has 3 aromatic rings. The van der Waals surface area contributed by atoms with Gasteiger partial charge < -0.3 is 9.47 Å². The first-order valence-corrected chi connectivity index (χ1v) is 11.8. The van der Waals surface area contributed by atoms with Gasteiger partial charge in [-0.15, -0.1) is 6.58 Å². The zero-order chi connectivity index (χ0) is 24.9. The van der Waals surface area contributed by atoms with Crippen molar-refractivity contribution < 1.29 is 27.0 Å². The Hall–Kier alpha value is -2.96. The van der Waals surface area contributed by atoms with Gasteiger partial charge in [0.25, 0.3) is 0 Å². The molecule has 2 atom stereocenters. The van der Waals surface area contributed by atoms with Crippen LogP contribution < -0.4 is 0 Å². The van der Waals surface area contributed by atoms with E-state index in [1.54, 1.807) is 36.4 Å². The van der Waals surface area contributed by atoms with Gasteiger partial charge in [0.2, 0.25) is 0 Å². The standard InChI is InChI=1S/C29H28F4O2/c1-3-4-15-34-17-21-10-11-22(27(31)26(21)30)19-6-8-20(9-7-19)23-12-13-24(29(33)28(23)32)25-14-5-18(2)16-35-25/h3,6-13,18,25H,1,4-5,14-17H2,2H3. The van der Waals surface area contributed by atoms with Crippen LogP contribution in [-0.4, -0.2) is 13.2 Å². The lowest BCUT2D eigenvalue weighted by Gasteiger charge is -2.27. The van der Waals surface area contributed by atoms with E-state index < -0.39 is 29.4 Å². The first kappa shape index (κ1) is 25.1. The number of hydrogen-bond acceptors (Lipinski definition) is 2. The average molecular weight is 485 g/mol. The number of benzene rings is 3. The monoisotopic (exact) mass is 484 g/mol. The Morgan fingerprint density at radius 1 is 0.857 bits per heavy atom. The van der Waals surface area contributed by atoms with Crippen LogP contribution in [0.3, 0.4) is 0 Å². The molecule has 4 rings (SSSR count). The molecule has 0 aromatic heterocycles. The third-order valence-corrected chi connectivity index (χ3v) is 6.36. The predicted molar refractivity (Wildman–Crippen MR) is 129 cm³/mol. The Bertz CT molecular complexity index is 1180. The third-order valence-electron chi connectivity index (χ3n) is 6.36. The van der Waals surface area contributed by atoms with E-state index in [1.165, 1.54) is 18.2 Å². The molecule has 0 saturated carbocycles. The van der Waals surface area contributed by atoms with Gasteiger partial charge in [-0.25, -0.2) is 17.6 Å². The molecule has 1 aliphatic heterocycles. The lowest BCUT2D eigenvalue weighted by Crippen LogP contribution is -2.19. The molecule has 2 unspecified atom stereocenters. The number of halogens is 4. The van der Waals surface area contributed by atoms with Crippen LogP contribution in [0.5, 0.6) is 0 Å². The Labute approximate surface area is 203 Å². The summed E-state index contributed by atoms with van der Waals surface area (Å²) in [5.74, 6) is -3.40. The summed E-state index contributed by atoms with van der Waals surface area (Å²) in [4.78, 5) is 0. The highest BCUT2D eigenvalue weighted by atomic mass is 19.2. The van der Waals surface area contributed by atoms with Gasteiger partial charge in [-0.1, -0.05) is 61.5 Å². The molecule has 1 heterocycles. The molecule has 0 bridgehead atoms. The van der Waals surface area contributed by atoms with Crippen LogP contribution in [0.15, 0.2) is 61.2 Å². The maximum absolute atomic E-state index is 15.0. The van der Waals surface area contributed by atoms with Crippen LogP contribution in [0, 0.1) is 29.2 Å². The molecule has 1 fully saturated rings. The van der Waals surface area contributed by atoms with Crippen LogP contribution in [0.4, 0.5) is 17.6 Å². The van der Waals surface area contributed by atoms with E-state index >= 15 is 0 Å². The maximum atomic E-state index is 15.0. The molecule has 0 aliphatic carbocycles. The molecule has 0 spiro atoms. The van der Waals surface area contributed by atoms with Gasteiger partial charge in [0.15, 0.2) is 23.3 Å². The van der Waals surface area contributed by atoms with Gasteiger partial charge in [0.05, 0.1) is 19.3 Å². The summed E-state index contributed by atoms with van der Waals surface area (Å²) in [6.45, 7) is 6.50. The van der Waals surface area contributed by atoms with Gasteiger partial charge >= 0.3 is 0 Å². The SMILES string of the molecule is C=CCCOCc1ccc(-c2ccc(-c3ccc(C4CCC(C)CO4)c(F)c3F)cc2)c(F)c1F. The molecule has 1 saturated heterocycles. The molecule has 0 amide bonds. The summed E-state index contributed by atoms with van der Waals surface area (Å²) < 4.78 is 70.1. The first-order chi connectivity index (χ1) is 16.9. The van der Waals surface area contributed by atoms with Gasteiger partial charge in [0, 0.05) is 28.9 Å². The van der Waals surface area contributed by atoms with Gasteiger partial charge in [-0.3, -0.25) is 0 Å². The Balaban J connectivity index is 1.54. The normalized spacial score (nSPS) is 18.0. The molecular weight excluding hydrogens is 456 g/mol. The molecule has 35 heavy (non-hydrogen) atoms. The van der Waals surface area contributed by atoms with E-state index in [0.717, 1.165) is 6.42 Å². The van der Waals surface area contributed by atoms with Crippen molar-refractivity contribution in [3.63, 3.8) is 0 Å². The van der Waals surface area contributed by atoms with E-state index in [0.29, 0.717) is 43.1 Å². The first-order valence-electron chi connectivity index (χ1n) is 11.8. The molecule has 3 aromatic carbocycles. The van der Waals surface area contributed by atoms with Crippen molar-refractivity contribution in [2.75, 3.05) is 13.2 Å². The number of ether oxygens (including phenoxy) is 2. The van der Waals surface area contributed by atoms with Crippen molar-refractivity contribution in [1.29, 1.82) is 0 Å². The fourth-order valence-electron chi connectivity index (χ4n) is 4.27. The smallest absolute Gasteiger partial charge is 0.167 e. The fourth-order valence-corrected chi connectivity index (χ4v) is 4.27. The highest BCUT2D eigenvalue weighted by Gasteiger charge is 2.26. The summed E-state index contributed by atoms with van der Waals surface area (Å²) in [6, 6.07) is 12.3. The van der Waals surface area contributed by atoms with Crippen LogP contribution >= 0.6 is 0 Å². The highest BCUT2D eigenvalue weighted by Crippen LogP contribution is 2.36. The minimum absolute atomic E-state index is 0.0401. The van der Waals surface area contributed by atoms with Crippen molar-refractivity contribution in [3.8, 4) is 22.3 Å². The molecular formula is C29H28F4O2. The zero-order valence-electron chi connectivity index (χ0n) is 19.6. The lowest BCUT2D eigenvalue weighted by atomic mass is 9.93. The van der Waals surface area contributed by atoms with Crippen LogP contribution in [0.25, 0.3) is 22.3 Å². The lowest BCUT2D eigenvalue weighted by molar-refractivity contribution is -0.0144. The minimum atomic E-state index is -0.981. The van der Waals surface area contributed by atoms with Gasteiger partial charge in [0.1, 0.15) is 0 Å². The van der Waals surface area contributed by atoms with Crippen LogP contribution in [0.1, 0.15) is 43.4 Å². The third kappa shape index (κ3) is 5.49. The van der Waals surface area contributed by atoms with Crippen LogP contribution in [0.2, 0.25) is 0 Å². The number of hydrogen-bond donors (Lipinski definition) is 0. The van der Waals surface area contributed by atoms with Gasteiger partial charge in [-0.05, 0) is 36.3 Å². The summed E-state index contributed by atoms with van der Waals surface area (Å²) >= 11 is 0. The second-order valence-corrected chi connectivity index (χ2v) is 8.94. The summed E-state index contributed by atoms with van der Waals surface area (Å²) in [5, 5.41) is 0. The average Bonchev–Trinajstić information content (AvgIpc) is 2.87. The summed E-state index contributed by atoms with van der Waals surface area (Å²) in [5.41, 5.74) is 1.38. The quantitative estimate of drug-likeness (QED) is 0.182. The minimum Gasteiger partial charge on any atom is -0.376 e. The van der Waals surface area contributed by atoms with Crippen LogP contribution in [-0.2, 0) is 16.1 Å². The highest BCUT2D eigenvalue weighted by molar-refractivity contribution is 5.71. The molecule has 0 radical (unpaired) electrons. The van der Waals surface area contributed by atoms with E-state index in [9.17, 15) is 17.6 Å². The summed E-state index contributed by atoms with van der Waals surface area (Å²) in [7, 11) is 0. The van der Waals surface area contributed by atoms with Crippen molar-refractivity contribution >= 4 is 0 Å². The Morgan fingerprint density at radius 2 is 1.49 bits per heavy atom. The molecule has 0 N–H and O–H groups in total. The molecule has 1 aliphatic rings. The maximum Gasteiger partial charge on any atom is 0.167 e. The second-order valence-electron chi connectivity index (χ2n) is 8.94. The van der Waals surface area contributed by atoms with Crippen molar-refractivity contribution in [2.45, 2.75) is 38.9 Å². The topological polar surface area (TPSA) is 18.5 Å².